The molecule has 4 aromatic rings. The van der Waals surface area contributed by atoms with Crippen LogP contribution in [0, 0.1) is 17.5 Å². The van der Waals surface area contributed by atoms with E-state index in [9.17, 15) is 22.8 Å². The van der Waals surface area contributed by atoms with E-state index in [1.165, 1.54) is 0 Å². The van der Waals surface area contributed by atoms with Crippen LogP contribution in [0.25, 0.3) is 22.6 Å². The molecule has 2 amide bonds. The van der Waals surface area contributed by atoms with Gasteiger partial charge in [-0.3, -0.25) is 9.59 Å². The number of anilines is 1. The second kappa shape index (κ2) is 11.1. The van der Waals surface area contributed by atoms with E-state index in [2.05, 4.69) is 15.6 Å². The number of amides is 2. The van der Waals surface area contributed by atoms with Gasteiger partial charge in [-0.05, 0) is 19.1 Å². The second-order valence-corrected chi connectivity index (χ2v) is 8.93. The molecule has 184 valence electrons. The number of hydrogen-bond acceptors (Lipinski definition) is 5. The number of carbonyl (C=O) groups excluding carboxylic acids is 2. The minimum atomic E-state index is -1.70. The van der Waals surface area contributed by atoms with E-state index < -0.39 is 46.7 Å². The Kier molecular flexibility index (Phi) is 7.74. The van der Waals surface area contributed by atoms with Crippen molar-refractivity contribution >= 4 is 29.3 Å². The van der Waals surface area contributed by atoms with Crippen molar-refractivity contribution in [3.63, 3.8) is 0 Å². The number of thioether (sulfide) groups is 1. The predicted octanol–water partition coefficient (Wildman–Crippen LogP) is 5.66. The Morgan fingerprint density at radius 1 is 0.917 bits per heavy atom. The Morgan fingerprint density at radius 3 is 2.22 bits per heavy atom. The summed E-state index contributed by atoms with van der Waals surface area (Å²) in [5, 5.41) is 4.09. The number of oxazole rings is 1. The van der Waals surface area contributed by atoms with Gasteiger partial charge >= 0.3 is 0 Å². The molecule has 10 heteroatoms. The summed E-state index contributed by atoms with van der Waals surface area (Å²) < 4.78 is 46.1. The van der Waals surface area contributed by atoms with Crippen LogP contribution in [0.15, 0.2) is 82.4 Å². The first kappa shape index (κ1) is 25.1. The van der Waals surface area contributed by atoms with Gasteiger partial charge in [0.2, 0.25) is 11.8 Å². The molecular weight excluding hydrogens is 491 g/mol. The van der Waals surface area contributed by atoms with E-state index in [1.807, 2.05) is 60.7 Å². The summed E-state index contributed by atoms with van der Waals surface area (Å²) in [7, 11) is 0. The molecule has 4 rings (SSSR count). The molecule has 0 aliphatic carbocycles. The highest BCUT2D eigenvalue weighted by Crippen LogP contribution is 2.36. The van der Waals surface area contributed by atoms with Crippen molar-refractivity contribution in [2.75, 3.05) is 11.9 Å². The molecule has 1 heterocycles. The topological polar surface area (TPSA) is 84.2 Å². The highest BCUT2D eigenvalue weighted by atomic mass is 32.2. The van der Waals surface area contributed by atoms with Crippen LogP contribution in [0.1, 0.15) is 6.92 Å². The van der Waals surface area contributed by atoms with Gasteiger partial charge in [0.05, 0.1) is 17.5 Å². The maximum absolute atomic E-state index is 13.7. The van der Waals surface area contributed by atoms with Gasteiger partial charge in [-0.2, -0.15) is 0 Å². The molecule has 0 saturated carbocycles. The van der Waals surface area contributed by atoms with Gasteiger partial charge in [-0.15, -0.1) is 0 Å². The predicted molar refractivity (Wildman–Crippen MR) is 131 cm³/mol. The van der Waals surface area contributed by atoms with Crippen molar-refractivity contribution in [1.82, 2.24) is 10.3 Å². The van der Waals surface area contributed by atoms with Crippen molar-refractivity contribution < 1.29 is 27.2 Å². The Labute approximate surface area is 208 Å². The van der Waals surface area contributed by atoms with Crippen molar-refractivity contribution in [2.24, 2.45) is 0 Å². The van der Waals surface area contributed by atoms with Crippen LogP contribution in [0.5, 0.6) is 0 Å². The smallest absolute Gasteiger partial charge is 0.257 e. The number of benzene rings is 3. The van der Waals surface area contributed by atoms with Gasteiger partial charge in [-0.25, -0.2) is 18.2 Å². The van der Waals surface area contributed by atoms with Crippen LogP contribution < -0.4 is 10.6 Å². The molecule has 0 aliphatic rings. The molecule has 3 aromatic carbocycles. The van der Waals surface area contributed by atoms with Gasteiger partial charge in [0.15, 0.2) is 23.2 Å². The van der Waals surface area contributed by atoms with Crippen LogP contribution in [0.4, 0.5) is 18.9 Å². The number of nitrogens with zero attached hydrogens (tertiary/aromatic N) is 1. The molecule has 0 fully saturated rings. The van der Waals surface area contributed by atoms with Crippen LogP contribution in [-0.2, 0) is 9.59 Å². The maximum Gasteiger partial charge on any atom is 0.257 e. The van der Waals surface area contributed by atoms with Gasteiger partial charge in [0.1, 0.15) is 5.69 Å². The normalized spacial score (nSPS) is 11.7. The zero-order valence-corrected chi connectivity index (χ0v) is 19.7. The zero-order chi connectivity index (χ0) is 25.7. The highest BCUT2D eigenvalue weighted by molar-refractivity contribution is 8.00. The summed E-state index contributed by atoms with van der Waals surface area (Å²) >= 11 is 1.06. The quantitative estimate of drug-likeness (QED) is 0.236. The van der Waals surface area contributed by atoms with E-state index in [0.29, 0.717) is 17.5 Å². The monoisotopic (exact) mass is 511 g/mol. The molecule has 1 unspecified atom stereocenters. The average molecular weight is 512 g/mol. The van der Waals surface area contributed by atoms with Crippen LogP contribution >= 0.6 is 11.8 Å². The van der Waals surface area contributed by atoms with Gasteiger partial charge < -0.3 is 15.1 Å². The van der Waals surface area contributed by atoms with Crippen molar-refractivity contribution in [2.45, 2.75) is 17.4 Å². The third kappa shape index (κ3) is 5.77. The number of nitrogens with one attached hydrogen (secondary N) is 2. The lowest BCUT2D eigenvalue weighted by molar-refractivity contribution is -0.123. The number of halogens is 3. The first-order chi connectivity index (χ1) is 17.3. The summed E-state index contributed by atoms with van der Waals surface area (Å²) in [6.07, 6.45) is 0. The summed E-state index contributed by atoms with van der Waals surface area (Å²) in [4.78, 5) is 29.2. The third-order valence-corrected chi connectivity index (χ3v) is 6.01. The molecule has 1 atom stereocenters. The lowest BCUT2D eigenvalue weighted by Gasteiger charge is -2.11. The van der Waals surface area contributed by atoms with Crippen LogP contribution in [-0.4, -0.2) is 28.6 Å². The fourth-order valence-corrected chi connectivity index (χ4v) is 4.03. The molecule has 0 bridgehead atoms. The summed E-state index contributed by atoms with van der Waals surface area (Å²) in [6, 6.07) is 20.5. The van der Waals surface area contributed by atoms with Crippen LogP contribution in [0.2, 0.25) is 0 Å². The lowest BCUT2D eigenvalue weighted by atomic mass is 10.1. The second-order valence-electron chi connectivity index (χ2n) is 7.64. The Morgan fingerprint density at radius 2 is 1.56 bits per heavy atom. The van der Waals surface area contributed by atoms with E-state index in [0.717, 1.165) is 29.0 Å². The van der Waals surface area contributed by atoms with Gasteiger partial charge in [0, 0.05) is 11.1 Å². The van der Waals surface area contributed by atoms with E-state index >= 15 is 0 Å². The summed E-state index contributed by atoms with van der Waals surface area (Å²) in [5.74, 6) is -5.34. The molecule has 36 heavy (non-hydrogen) atoms. The molecule has 0 aliphatic heterocycles. The zero-order valence-electron chi connectivity index (χ0n) is 18.9. The fourth-order valence-electron chi connectivity index (χ4n) is 3.26. The first-order valence-corrected chi connectivity index (χ1v) is 11.7. The van der Waals surface area contributed by atoms with E-state index in [-0.39, 0.29) is 5.22 Å². The Bertz CT molecular complexity index is 1320. The number of rotatable bonds is 8. The SMILES string of the molecule is CC(Sc1nc(-c2ccccc2)c(-c2ccccc2)o1)C(=O)NCC(=O)Nc1ccc(F)c(F)c1F. The van der Waals surface area contributed by atoms with Crippen LogP contribution in [0.3, 0.4) is 0 Å². The Hall–Kier alpha value is -4.05. The minimum absolute atomic E-state index is 0.267. The molecule has 0 saturated heterocycles. The van der Waals surface area contributed by atoms with Crippen molar-refractivity contribution in [1.29, 1.82) is 0 Å². The fraction of sp³-hybridized carbons (Fsp3) is 0.115. The van der Waals surface area contributed by atoms with Gasteiger partial charge in [-0.1, -0.05) is 72.4 Å². The number of aromatic nitrogens is 1. The average Bonchev–Trinajstić information content (AvgIpc) is 3.32. The number of hydrogen-bond donors (Lipinski definition) is 2. The van der Waals surface area contributed by atoms with Gasteiger partial charge in [0.25, 0.3) is 5.22 Å². The summed E-state index contributed by atoms with van der Waals surface area (Å²) in [6.45, 7) is 1.11. The largest absolute Gasteiger partial charge is 0.431 e. The highest BCUT2D eigenvalue weighted by Gasteiger charge is 2.22. The molecule has 1 aromatic heterocycles. The Balaban J connectivity index is 1.42. The molecule has 6 nitrogen and oxygen atoms in total. The van der Waals surface area contributed by atoms with Crippen molar-refractivity contribution in [3.8, 4) is 22.6 Å². The molecule has 0 radical (unpaired) electrons. The third-order valence-electron chi connectivity index (χ3n) is 5.07. The lowest BCUT2D eigenvalue weighted by Crippen LogP contribution is -2.37. The first-order valence-electron chi connectivity index (χ1n) is 10.8. The van der Waals surface area contributed by atoms with Crippen molar-refractivity contribution in [3.05, 3.63) is 90.2 Å². The molecular formula is C26H20F3N3O3S. The minimum Gasteiger partial charge on any atom is -0.431 e. The summed E-state index contributed by atoms with van der Waals surface area (Å²) in [5.41, 5.74) is 1.78. The molecule has 0 spiro atoms. The maximum atomic E-state index is 13.7. The van der Waals surface area contributed by atoms with E-state index in [4.69, 9.17) is 4.42 Å². The number of carbonyl (C=O) groups is 2. The standard InChI is InChI=1S/C26H20F3N3O3S/c1-15(25(34)30-14-20(33)31-19-13-12-18(27)21(28)22(19)29)36-26-32-23(16-8-4-2-5-9-16)24(35-26)17-10-6-3-7-11-17/h2-13,15H,14H2,1H3,(H,30,34)(H,31,33). The van der Waals surface area contributed by atoms with E-state index in [1.54, 1.807) is 6.92 Å². The molecule has 2 N–H and O–H groups in total.